The Hall–Kier alpha value is -0.470. The van der Waals surface area contributed by atoms with Gasteiger partial charge in [-0.15, -0.1) is 11.3 Å². The number of nitrogens with zero attached hydrogens (tertiary/aromatic N) is 1. The molecule has 2 bridgehead atoms. The standard InChI is InChI=1S/C14H22N2O3S2/c1-2-5-15-7-11-6-14(20-10-11)21(17,18)16-8-12-3-4-13(9-16)19-12/h6,10,12-13,15H,2-5,7-9H2,1H3. The van der Waals surface area contributed by atoms with Gasteiger partial charge in [-0.2, -0.15) is 4.31 Å². The van der Waals surface area contributed by atoms with Crippen molar-refractivity contribution in [1.82, 2.24) is 9.62 Å². The number of nitrogens with one attached hydrogen (secondary N) is 1. The minimum atomic E-state index is -3.35. The first-order valence-corrected chi connectivity index (χ1v) is 9.85. The zero-order valence-corrected chi connectivity index (χ0v) is 13.9. The summed E-state index contributed by atoms with van der Waals surface area (Å²) in [4.78, 5) is 0. The molecule has 2 saturated heterocycles. The monoisotopic (exact) mass is 330 g/mol. The molecule has 2 aliphatic heterocycles. The molecule has 0 saturated carbocycles. The van der Waals surface area contributed by atoms with Crippen molar-refractivity contribution in [3.63, 3.8) is 0 Å². The number of morpholine rings is 1. The number of rotatable bonds is 6. The summed E-state index contributed by atoms with van der Waals surface area (Å²) in [6.45, 7) is 4.79. The molecule has 3 rings (SSSR count). The van der Waals surface area contributed by atoms with Gasteiger partial charge in [0, 0.05) is 19.6 Å². The number of hydrogen-bond acceptors (Lipinski definition) is 5. The molecule has 5 nitrogen and oxygen atoms in total. The molecule has 7 heteroatoms. The molecule has 118 valence electrons. The fourth-order valence-corrected chi connectivity index (χ4v) is 5.76. The molecule has 0 aromatic carbocycles. The van der Waals surface area contributed by atoms with Crippen LogP contribution in [0.5, 0.6) is 0 Å². The largest absolute Gasteiger partial charge is 0.372 e. The smallest absolute Gasteiger partial charge is 0.252 e. The zero-order valence-electron chi connectivity index (χ0n) is 12.2. The summed E-state index contributed by atoms with van der Waals surface area (Å²) in [5, 5.41) is 5.23. The molecule has 0 amide bonds. The third kappa shape index (κ3) is 3.32. The highest BCUT2D eigenvalue weighted by Crippen LogP contribution is 2.31. The van der Waals surface area contributed by atoms with Crippen LogP contribution in [0.4, 0.5) is 0 Å². The molecule has 2 aliphatic rings. The highest BCUT2D eigenvalue weighted by atomic mass is 32.2. The van der Waals surface area contributed by atoms with Crippen molar-refractivity contribution in [2.45, 2.75) is 49.1 Å². The molecule has 1 aromatic rings. The third-order valence-corrected chi connectivity index (χ3v) is 7.29. The molecule has 1 N–H and O–H groups in total. The van der Waals surface area contributed by atoms with E-state index in [0.717, 1.165) is 37.9 Å². The predicted octanol–water partition coefficient (Wildman–Crippen LogP) is 1.80. The highest BCUT2D eigenvalue weighted by Gasteiger charge is 2.39. The first-order chi connectivity index (χ1) is 10.1. The van der Waals surface area contributed by atoms with Crippen LogP contribution in [0.25, 0.3) is 0 Å². The second-order valence-corrected chi connectivity index (χ2v) is 8.81. The summed E-state index contributed by atoms with van der Waals surface area (Å²) in [6, 6.07) is 1.81. The van der Waals surface area contributed by atoms with Gasteiger partial charge >= 0.3 is 0 Å². The van der Waals surface area contributed by atoms with E-state index in [-0.39, 0.29) is 12.2 Å². The Morgan fingerprint density at radius 1 is 1.38 bits per heavy atom. The van der Waals surface area contributed by atoms with E-state index < -0.39 is 10.0 Å². The number of fused-ring (bicyclic) bond motifs is 2. The van der Waals surface area contributed by atoms with Gasteiger partial charge in [0.2, 0.25) is 0 Å². The van der Waals surface area contributed by atoms with Gasteiger partial charge in [-0.25, -0.2) is 8.42 Å². The minimum absolute atomic E-state index is 0.0872. The van der Waals surface area contributed by atoms with Crippen LogP contribution in [-0.4, -0.2) is 44.6 Å². The molecule has 2 atom stereocenters. The van der Waals surface area contributed by atoms with Crippen LogP contribution in [0.1, 0.15) is 31.7 Å². The molecule has 21 heavy (non-hydrogen) atoms. The SMILES string of the molecule is CCCNCc1csc(S(=O)(=O)N2CC3CCC(C2)O3)c1. The lowest BCUT2D eigenvalue weighted by atomic mass is 10.2. The number of sulfonamides is 1. The third-order valence-electron chi connectivity index (χ3n) is 3.99. The second kappa shape index (κ2) is 6.34. The van der Waals surface area contributed by atoms with Gasteiger partial charge < -0.3 is 10.1 Å². The Kier molecular flexibility index (Phi) is 4.66. The fourth-order valence-electron chi connectivity index (χ4n) is 2.89. The van der Waals surface area contributed by atoms with Crippen LogP contribution < -0.4 is 5.32 Å². The van der Waals surface area contributed by atoms with Crippen molar-refractivity contribution in [2.24, 2.45) is 0 Å². The first-order valence-electron chi connectivity index (χ1n) is 7.53. The van der Waals surface area contributed by atoms with Gasteiger partial charge in [0.05, 0.1) is 12.2 Å². The van der Waals surface area contributed by atoms with Crippen LogP contribution in [-0.2, 0) is 21.3 Å². The maximum Gasteiger partial charge on any atom is 0.252 e. The number of hydrogen-bond donors (Lipinski definition) is 1. The van der Waals surface area contributed by atoms with Gasteiger partial charge in [-0.1, -0.05) is 6.92 Å². The summed E-state index contributed by atoms with van der Waals surface area (Å²) in [5.74, 6) is 0. The second-order valence-electron chi connectivity index (χ2n) is 5.73. The van der Waals surface area contributed by atoms with Crippen molar-refractivity contribution in [1.29, 1.82) is 0 Å². The van der Waals surface area contributed by atoms with E-state index in [9.17, 15) is 8.42 Å². The van der Waals surface area contributed by atoms with E-state index in [1.165, 1.54) is 11.3 Å². The predicted molar refractivity (Wildman–Crippen MR) is 83.0 cm³/mol. The van der Waals surface area contributed by atoms with Gasteiger partial charge in [-0.05, 0) is 42.8 Å². The normalized spacial score (nSPS) is 26.3. The lowest BCUT2D eigenvalue weighted by Gasteiger charge is -2.30. The van der Waals surface area contributed by atoms with Crippen LogP contribution in [0.2, 0.25) is 0 Å². The molecular weight excluding hydrogens is 308 g/mol. The molecule has 0 spiro atoms. The van der Waals surface area contributed by atoms with E-state index in [4.69, 9.17) is 4.74 Å². The Balaban J connectivity index is 1.70. The summed E-state index contributed by atoms with van der Waals surface area (Å²) in [5.41, 5.74) is 1.04. The first kappa shape index (κ1) is 15.4. The summed E-state index contributed by atoms with van der Waals surface area (Å²) >= 11 is 1.32. The maximum absolute atomic E-state index is 12.7. The van der Waals surface area contributed by atoms with E-state index >= 15 is 0 Å². The highest BCUT2D eigenvalue weighted by molar-refractivity contribution is 7.91. The lowest BCUT2D eigenvalue weighted by molar-refractivity contribution is -0.0114. The minimum Gasteiger partial charge on any atom is -0.372 e. The van der Waals surface area contributed by atoms with Gasteiger partial charge in [0.15, 0.2) is 0 Å². The summed E-state index contributed by atoms with van der Waals surface area (Å²) in [6.07, 6.45) is 3.21. The fraction of sp³-hybridized carbons (Fsp3) is 0.714. The van der Waals surface area contributed by atoms with Crippen molar-refractivity contribution in [3.8, 4) is 0 Å². The molecule has 1 aromatic heterocycles. The van der Waals surface area contributed by atoms with Crippen LogP contribution in [0.3, 0.4) is 0 Å². The average molecular weight is 330 g/mol. The zero-order chi connectivity index (χ0) is 14.9. The lowest BCUT2D eigenvalue weighted by Crippen LogP contribution is -2.45. The van der Waals surface area contributed by atoms with Crippen molar-refractivity contribution >= 4 is 21.4 Å². The van der Waals surface area contributed by atoms with E-state index in [1.54, 1.807) is 10.4 Å². The average Bonchev–Trinajstić information content (AvgIpc) is 3.06. The van der Waals surface area contributed by atoms with Crippen molar-refractivity contribution < 1.29 is 13.2 Å². The molecular formula is C14H22N2O3S2. The number of thiophene rings is 1. The topological polar surface area (TPSA) is 58.6 Å². The van der Waals surface area contributed by atoms with E-state index in [1.807, 2.05) is 5.38 Å². The maximum atomic E-state index is 12.7. The van der Waals surface area contributed by atoms with Gasteiger partial charge in [-0.3, -0.25) is 0 Å². The molecule has 0 aliphatic carbocycles. The molecule has 2 unspecified atom stereocenters. The Morgan fingerprint density at radius 3 is 2.76 bits per heavy atom. The summed E-state index contributed by atoms with van der Waals surface area (Å²) in [7, 11) is -3.35. The van der Waals surface area contributed by atoms with Crippen LogP contribution in [0.15, 0.2) is 15.7 Å². The Bertz CT molecular complexity index is 573. The quantitative estimate of drug-likeness (QED) is 0.808. The Labute approximate surface area is 130 Å². The van der Waals surface area contributed by atoms with Crippen LogP contribution in [0, 0.1) is 0 Å². The van der Waals surface area contributed by atoms with Crippen LogP contribution >= 0.6 is 11.3 Å². The Morgan fingerprint density at radius 2 is 2.10 bits per heavy atom. The van der Waals surface area contributed by atoms with Gasteiger partial charge in [0.1, 0.15) is 4.21 Å². The molecule has 3 heterocycles. The molecule has 2 fully saturated rings. The van der Waals surface area contributed by atoms with Gasteiger partial charge in [0.25, 0.3) is 10.0 Å². The summed E-state index contributed by atoms with van der Waals surface area (Å²) < 4.78 is 33.2. The molecule has 0 radical (unpaired) electrons. The van der Waals surface area contributed by atoms with E-state index in [2.05, 4.69) is 12.2 Å². The van der Waals surface area contributed by atoms with Crippen molar-refractivity contribution in [3.05, 3.63) is 17.0 Å². The van der Waals surface area contributed by atoms with Crippen molar-refractivity contribution in [2.75, 3.05) is 19.6 Å². The number of ether oxygens (including phenoxy) is 1. The van der Waals surface area contributed by atoms with E-state index in [0.29, 0.717) is 17.3 Å².